The van der Waals surface area contributed by atoms with Gasteiger partial charge in [0, 0.05) is 28.2 Å². The topological polar surface area (TPSA) is 86.8 Å². The molecule has 1 atom stereocenters. The normalized spacial score (nSPS) is 14.9. The molecule has 2 aromatic rings. The molecule has 2 amide bonds. The highest BCUT2D eigenvalue weighted by Crippen LogP contribution is 2.29. The third-order valence-corrected chi connectivity index (χ3v) is 8.62. The molecule has 0 aliphatic heterocycles. The van der Waals surface area contributed by atoms with Crippen LogP contribution in [0.15, 0.2) is 36.4 Å². The summed E-state index contributed by atoms with van der Waals surface area (Å²) in [7, 11) is -3.81. The van der Waals surface area contributed by atoms with Gasteiger partial charge in [-0.25, -0.2) is 8.42 Å². The standard InChI is InChI=1S/C27H35Cl2N3O4S/c1-5-24(27(34)30-20-9-6-7-10-20)31(16-21-22(28)11-8-12-23(21)29)26(33)17-32(37(4,35)36)25-15-18(2)13-14-19(25)3/h8,11-15,20,24H,5-7,9-10,16-17H2,1-4H3,(H,30,34)/t24-/m1/s1. The fraction of sp³-hybridized carbons (Fsp3) is 0.481. The average molecular weight is 569 g/mol. The lowest BCUT2D eigenvalue weighted by Crippen LogP contribution is -2.53. The number of carbonyl (C=O) groups is 2. The monoisotopic (exact) mass is 567 g/mol. The fourth-order valence-electron chi connectivity index (χ4n) is 4.72. The molecular formula is C27H35Cl2N3O4S. The zero-order valence-corrected chi connectivity index (χ0v) is 24.1. The van der Waals surface area contributed by atoms with E-state index in [-0.39, 0.29) is 18.5 Å². The van der Waals surface area contributed by atoms with Crippen molar-refractivity contribution in [3.8, 4) is 0 Å². The SMILES string of the molecule is CC[C@H](C(=O)NC1CCCC1)N(Cc1c(Cl)cccc1Cl)C(=O)CN(c1cc(C)ccc1C)S(C)(=O)=O. The predicted molar refractivity (Wildman–Crippen MR) is 150 cm³/mol. The summed E-state index contributed by atoms with van der Waals surface area (Å²) in [6, 6.07) is 9.74. The van der Waals surface area contributed by atoms with Crippen LogP contribution in [0, 0.1) is 13.8 Å². The van der Waals surface area contributed by atoms with Crippen molar-refractivity contribution in [1.82, 2.24) is 10.2 Å². The number of carbonyl (C=O) groups excluding carboxylic acids is 2. The number of hydrogen-bond donors (Lipinski definition) is 1. The Morgan fingerprint density at radius 1 is 1.08 bits per heavy atom. The summed E-state index contributed by atoms with van der Waals surface area (Å²) in [5.74, 6) is -0.778. The van der Waals surface area contributed by atoms with Gasteiger partial charge in [0.2, 0.25) is 21.8 Å². The van der Waals surface area contributed by atoms with E-state index in [2.05, 4.69) is 5.32 Å². The van der Waals surface area contributed by atoms with Crippen molar-refractivity contribution < 1.29 is 18.0 Å². The van der Waals surface area contributed by atoms with Crippen molar-refractivity contribution in [1.29, 1.82) is 0 Å². The molecule has 1 aliphatic rings. The Labute approximate surface area is 230 Å². The first-order valence-corrected chi connectivity index (χ1v) is 15.1. The molecule has 0 spiro atoms. The number of nitrogens with one attached hydrogen (secondary N) is 1. The molecule has 0 heterocycles. The minimum absolute atomic E-state index is 0.0294. The van der Waals surface area contributed by atoms with Crippen molar-refractivity contribution in [2.24, 2.45) is 0 Å². The maximum atomic E-state index is 13.9. The Hall–Kier alpha value is -2.29. The van der Waals surface area contributed by atoms with E-state index in [4.69, 9.17) is 23.2 Å². The largest absolute Gasteiger partial charge is 0.352 e. The van der Waals surface area contributed by atoms with Crippen LogP contribution < -0.4 is 9.62 Å². The number of aryl methyl sites for hydroxylation is 2. The molecule has 1 N–H and O–H groups in total. The van der Waals surface area contributed by atoms with Gasteiger partial charge in [-0.05, 0) is 62.4 Å². The Bertz CT molecular complexity index is 1230. The van der Waals surface area contributed by atoms with Crippen LogP contribution in [0.4, 0.5) is 5.69 Å². The second kappa shape index (κ2) is 12.5. The van der Waals surface area contributed by atoms with Crippen LogP contribution in [0.3, 0.4) is 0 Å². The highest BCUT2D eigenvalue weighted by Gasteiger charge is 2.34. The Balaban J connectivity index is 2.00. The van der Waals surface area contributed by atoms with E-state index in [1.54, 1.807) is 31.2 Å². The van der Waals surface area contributed by atoms with Crippen LogP contribution in [0.25, 0.3) is 0 Å². The highest BCUT2D eigenvalue weighted by atomic mass is 35.5. The molecule has 0 aromatic heterocycles. The van der Waals surface area contributed by atoms with E-state index in [0.717, 1.165) is 47.4 Å². The summed E-state index contributed by atoms with van der Waals surface area (Å²) in [6.45, 7) is 4.99. The number of halogens is 2. The van der Waals surface area contributed by atoms with Gasteiger partial charge in [-0.2, -0.15) is 0 Å². The molecule has 0 bridgehead atoms. The molecule has 10 heteroatoms. The van der Waals surface area contributed by atoms with Crippen molar-refractivity contribution in [3.63, 3.8) is 0 Å². The van der Waals surface area contributed by atoms with Crippen molar-refractivity contribution in [2.75, 3.05) is 17.1 Å². The van der Waals surface area contributed by atoms with Crippen LogP contribution >= 0.6 is 23.2 Å². The Morgan fingerprint density at radius 3 is 2.27 bits per heavy atom. The zero-order valence-electron chi connectivity index (χ0n) is 21.8. The zero-order chi connectivity index (χ0) is 27.3. The highest BCUT2D eigenvalue weighted by molar-refractivity contribution is 7.92. The van der Waals surface area contributed by atoms with Gasteiger partial charge in [0.05, 0.1) is 11.9 Å². The van der Waals surface area contributed by atoms with Crippen molar-refractivity contribution in [2.45, 2.75) is 71.5 Å². The van der Waals surface area contributed by atoms with E-state index < -0.39 is 28.5 Å². The maximum Gasteiger partial charge on any atom is 0.244 e. The second-order valence-corrected chi connectivity index (χ2v) is 12.4. The lowest BCUT2D eigenvalue weighted by atomic mass is 10.1. The van der Waals surface area contributed by atoms with Gasteiger partial charge < -0.3 is 10.2 Å². The van der Waals surface area contributed by atoms with Gasteiger partial charge in [0.15, 0.2) is 0 Å². The first kappa shape index (κ1) is 29.3. The molecule has 7 nitrogen and oxygen atoms in total. The molecule has 0 radical (unpaired) electrons. The molecule has 202 valence electrons. The molecule has 2 aromatic carbocycles. The van der Waals surface area contributed by atoms with Gasteiger partial charge in [-0.3, -0.25) is 13.9 Å². The lowest BCUT2D eigenvalue weighted by molar-refractivity contribution is -0.140. The Kier molecular flexibility index (Phi) is 9.89. The number of sulfonamides is 1. The first-order chi connectivity index (χ1) is 17.4. The smallest absolute Gasteiger partial charge is 0.244 e. The minimum atomic E-state index is -3.81. The third-order valence-electron chi connectivity index (χ3n) is 6.79. The maximum absolute atomic E-state index is 13.9. The molecule has 0 unspecified atom stereocenters. The van der Waals surface area contributed by atoms with E-state index in [0.29, 0.717) is 27.7 Å². The van der Waals surface area contributed by atoms with Crippen LogP contribution in [0.2, 0.25) is 10.0 Å². The van der Waals surface area contributed by atoms with Crippen LogP contribution in [-0.2, 0) is 26.2 Å². The summed E-state index contributed by atoms with van der Waals surface area (Å²) in [5.41, 5.74) is 2.51. The van der Waals surface area contributed by atoms with Crippen LogP contribution in [0.1, 0.15) is 55.7 Å². The van der Waals surface area contributed by atoms with Gasteiger partial charge in [-0.15, -0.1) is 0 Å². The molecule has 37 heavy (non-hydrogen) atoms. The van der Waals surface area contributed by atoms with Crippen LogP contribution in [-0.4, -0.2) is 50.0 Å². The molecule has 1 aliphatic carbocycles. The fourth-order valence-corrected chi connectivity index (χ4v) is 6.14. The van der Waals surface area contributed by atoms with E-state index in [1.807, 2.05) is 26.0 Å². The molecular weight excluding hydrogens is 533 g/mol. The number of rotatable bonds is 10. The molecule has 0 saturated heterocycles. The van der Waals surface area contributed by atoms with Gasteiger partial charge in [0.25, 0.3) is 0 Å². The number of amides is 2. The summed E-state index contributed by atoms with van der Waals surface area (Å²) < 4.78 is 26.8. The summed E-state index contributed by atoms with van der Waals surface area (Å²) in [4.78, 5) is 28.7. The Morgan fingerprint density at radius 2 is 1.70 bits per heavy atom. The molecule has 1 saturated carbocycles. The van der Waals surface area contributed by atoms with E-state index in [9.17, 15) is 18.0 Å². The van der Waals surface area contributed by atoms with Crippen molar-refractivity contribution >= 4 is 50.7 Å². The average Bonchev–Trinajstić information content (AvgIpc) is 3.33. The predicted octanol–water partition coefficient (Wildman–Crippen LogP) is 5.24. The summed E-state index contributed by atoms with van der Waals surface area (Å²) in [5, 5.41) is 3.81. The third kappa shape index (κ3) is 7.39. The van der Waals surface area contributed by atoms with E-state index in [1.165, 1.54) is 4.90 Å². The minimum Gasteiger partial charge on any atom is -0.352 e. The molecule has 1 fully saturated rings. The van der Waals surface area contributed by atoms with Gasteiger partial charge >= 0.3 is 0 Å². The summed E-state index contributed by atoms with van der Waals surface area (Å²) >= 11 is 12.9. The number of anilines is 1. The number of nitrogens with zero attached hydrogens (tertiary/aromatic N) is 2. The first-order valence-electron chi connectivity index (χ1n) is 12.5. The number of benzene rings is 2. The molecule has 3 rings (SSSR count). The van der Waals surface area contributed by atoms with Crippen molar-refractivity contribution in [3.05, 3.63) is 63.1 Å². The van der Waals surface area contributed by atoms with Gasteiger partial charge in [-0.1, -0.05) is 61.2 Å². The van der Waals surface area contributed by atoms with Crippen LogP contribution in [0.5, 0.6) is 0 Å². The van der Waals surface area contributed by atoms with E-state index >= 15 is 0 Å². The quantitative estimate of drug-likeness (QED) is 0.425. The summed E-state index contributed by atoms with van der Waals surface area (Å²) in [6.07, 6.45) is 5.33. The second-order valence-electron chi connectivity index (χ2n) is 9.70. The lowest BCUT2D eigenvalue weighted by Gasteiger charge is -2.34. The van der Waals surface area contributed by atoms with Gasteiger partial charge in [0.1, 0.15) is 12.6 Å². The number of hydrogen-bond acceptors (Lipinski definition) is 4.